The Morgan fingerprint density at radius 3 is 1.77 bits per heavy atom. The van der Waals surface area contributed by atoms with E-state index in [0.717, 1.165) is 35.2 Å². The SMILES string of the molecule is CCC(C)[C@@H](N)c1ccc(-c2ccc(C(F)(F)F)cc2)cc1. The van der Waals surface area contributed by atoms with Crippen LogP contribution in [-0.4, -0.2) is 0 Å². The van der Waals surface area contributed by atoms with E-state index in [1.54, 1.807) is 0 Å². The van der Waals surface area contributed by atoms with Gasteiger partial charge < -0.3 is 5.73 Å². The molecular formula is C18H20F3N. The van der Waals surface area contributed by atoms with Gasteiger partial charge in [-0.2, -0.15) is 13.2 Å². The van der Waals surface area contributed by atoms with Crippen molar-refractivity contribution in [3.8, 4) is 11.1 Å². The summed E-state index contributed by atoms with van der Waals surface area (Å²) in [7, 11) is 0. The second-order valence-corrected chi connectivity index (χ2v) is 5.61. The average Bonchev–Trinajstić information content (AvgIpc) is 2.53. The second-order valence-electron chi connectivity index (χ2n) is 5.61. The maximum atomic E-state index is 12.6. The molecule has 0 aliphatic rings. The van der Waals surface area contributed by atoms with Crippen LogP contribution >= 0.6 is 0 Å². The molecule has 0 spiro atoms. The molecule has 0 saturated carbocycles. The maximum absolute atomic E-state index is 12.6. The monoisotopic (exact) mass is 307 g/mol. The van der Waals surface area contributed by atoms with Crippen molar-refractivity contribution in [1.29, 1.82) is 0 Å². The van der Waals surface area contributed by atoms with E-state index in [1.165, 1.54) is 12.1 Å². The van der Waals surface area contributed by atoms with Crippen LogP contribution in [0.5, 0.6) is 0 Å². The first-order valence-corrected chi connectivity index (χ1v) is 7.36. The van der Waals surface area contributed by atoms with Gasteiger partial charge in [-0.15, -0.1) is 0 Å². The van der Waals surface area contributed by atoms with Crippen molar-refractivity contribution in [1.82, 2.24) is 0 Å². The van der Waals surface area contributed by atoms with Crippen molar-refractivity contribution in [2.45, 2.75) is 32.5 Å². The van der Waals surface area contributed by atoms with E-state index in [2.05, 4.69) is 13.8 Å². The van der Waals surface area contributed by atoms with Gasteiger partial charge in [-0.3, -0.25) is 0 Å². The van der Waals surface area contributed by atoms with Crippen LogP contribution in [0.15, 0.2) is 48.5 Å². The zero-order chi connectivity index (χ0) is 16.3. The molecule has 0 saturated heterocycles. The molecule has 0 amide bonds. The molecule has 4 heteroatoms. The number of alkyl halides is 3. The highest BCUT2D eigenvalue weighted by molar-refractivity contribution is 5.64. The third kappa shape index (κ3) is 3.69. The fraction of sp³-hybridized carbons (Fsp3) is 0.333. The van der Waals surface area contributed by atoms with Crippen LogP contribution in [0.4, 0.5) is 13.2 Å². The Balaban J connectivity index is 2.20. The van der Waals surface area contributed by atoms with Gasteiger partial charge in [0.25, 0.3) is 0 Å². The lowest BCUT2D eigenvalue weighted by Crippen LogP contribution is -2.18. The molecule has 22 heavy (non-hydrogen) atoms. The number of rotatable bonds is 4. The van der Waals surface area contributed by atoms with E-state index in [4.69, 9.17) is 5.73 Å². The van der Waals surface area contributed by atoms with Gasteiger partial charge in [-0.05, 0) is 34.7 Å². The highest BCUT2D eigenvalue weighted by atomic mass is 19.4. The van der Waals surface area contributed by atoms with E-state index in [9.17, 15) is 13.2 Å². The fourth-order valence-corrected chi connectivity index (χ4v) is 2.33. The summed E-state index contributed by atoms with van der Waals surface area (Å²) in [6, 6.07) is 12.9. The first kappa shape index (κ1) is 16.6. The summed E-state index contributed by atoms with van der Waals surface area (Å²) in [6.07, 6.45) is -3.30. The van der Waals surface area contributed by atoms with Crippen molar-refractivity contribution in [3.63, 3.8) is 0 Å². The smallest absolute Gasteiger partial charge is 0.324 e. The highest BCUT2D eigenvalue weighted by Crippen LogP contribution is 2.31. The Hall–Kier alpha value is -1.81. The third-order valence-corrected chi connectivity index (χ3v) is 4.10. The van der Waals surface area contributed by atoms with Gasteiger partial charge in [0, 0.05) is 6.04 Å². The van der Waals surface area contributed by atoms with E-state index in [0.29, 0.717) is 5.92 Å². The van der Waals surface area contributed by atoms with Crippen molar-refractivity contribution in [3.05, 3.63) is 59.7 Å². The van der Waals surface area contributed by atoms with Gasteiger partial charge in [-0.25, -0.2) is 0 Å². The van der Waals surface area contributed by atoms with Crippen molar-refractivity contribution in [2.75, 3.05) is 0 Å². The number of hydrogen-bond acceptors (Lipinski definition) is 1. The molecular weight excluding hydrogens is 287 g/mol. The van der Waals surface area contributed by atoms with Gasteiger partial charge in [-0.1, -0.05) is 56.7 Å². The van der Waals surface area contributed by atoms with Gasteiger partial charge in [0.2, 0.25) is 0 Å². The molecule has 0 fully saturated rings. The molecule has 0 aliphatic heterocycles. The summed E-state index contributed by atoms with van der Waals surface area (Å²) >= 11 is 0. The molecule has 118 valence electrons. The van der Waals surface area contributed by atoms with Crippen LogP contribution in [0.25, 0.3) is 11.1 Å². The average molecular weight is 307 g/mol. The van der Waals surface area contributed by atoms with Crippen LogP contribution in [0.3, 0.4) is 0 Å². The first-order chi connectivity index (χ1) is 10.3. The van der Waals surface area contributed by atoms with Crippen LogP contribution in [0.1, 0.15) is 37.4 Å². The second kappa shape index (κ2) is 6.53. The minimum absolute atomic E-state index is 0.0216. The Morgan fingerprint density at radius 1 is 0.909 bits per heavy atom. The molecule has 0 aliphatic carbocycles. The summed E-state index contributed by atoms with van der Waals surface area (Å²) in [6.45, 7) is 4.20. The fourth-order valence-electron chi connectivity index (χ4n) is 2.33. The normalized spacial score (nSPS) is 14.6. The predicted octanol–water partition coefficient (Wildman–Crippen LogP) is 5.42. The standard InChI is InChI=1S/C18H20F3N/c1-3-12(2)17(22)15-6-4-13(5-7-15)14-8-10-16(11-9-14)18(19,20)21/h4-12,17H,3,22H2,1-2H3/t12?,17-/m1/s1. The van der Waals surface area contributed by atoms with Crippen LogP contribution in [0, 0.1) is 5.92 Å². The molecule has 2 atom stereocenters. The Bertz CT molecular complexity index is 600. The lowest BCUT2D eigenvalue weighted by atomic mass is 9.92. The molecule has 2 aromatic rings. The van der Waals surface area contributed by atoms with Gasteiger partial charge in [0.1, 0.15) is 0 Å². The zero-order valence-electron chi connectivity index (χ0n) is 12.7. The summed E-state index contributed by atoms with van der Waals surface area (Å²) in [5, 5.41) is 0. The summed E-state index contributed by atoms with van der Waals surface area (Å²) in [5.41, 5.74) is 8.24. The molecule has 0 bridgehead atoms. The highest BCUT2D eigenvalue weighted by Gasteiger charge is 2.29. The molecule has 2 aromatic carbocycles. The van der Waals surface area contributed by atoms with Crippen molar-refractivity contribution in [2.24, 2.45) is 11.7 Å². The predicted molar refractivity (Wildman–Crippen MR) is 83.3 cm³/mol. The number of hydrogen-bond donors (Lipinski definition) is 1. The number of nitrogens with two attached hydrogens (primary N) is 1. The lowest BCUT2D eigenvalue weighted by molar-refractivity contribution is -0.137. The van der Waals surface area contributed by atoms with Crippen LogP contribution in [0.2, 0.25) is 0 Å². The largest absolute Gasteiger partial charge is 0.416 e. The van der Waals surface area contributed by atoms with Crippen molar-refractivity contribution >= 4 is 0 Å². The number of halogens is 3. The Labute approximate surface area is 129 Å². The molecule has 1 unspecified atom stereocenters. The topological polar surface area (TPSA) is 26.0 Å². The summed E-state index contributed by atoms with van der Waals surface area (Å²) in [5.74, 6) is 0.386. The van der Waals surface area contributed by atoms with E-state index in [-0.39, 0.29) is 6.04 Å². The molecule has 0 heterocycles. The molecule has 0 radical (unpaired) electrons. The summed E-state index contributed by atoms with van der Waals surface area (Å²) in [4.78, 5) is 0. The van der Waals surface area contributed by atoms with E-state index in [1.807, 2.05) is 24.3 Å². The van der Waals surface area contributed by atoms with E-state index < -0.39 is 11.7 Å². The molecule has 0 aromatic heterocycles. The molecule has 2 rings (SSSR count). The van der Waals surface area contributed by atoms with Crippen LogP contribution in [-0.2, 0) is 6.18 Å². The molecule has 2 N–H and O–H groups in total. The Kier molecular flexibility index (Phi) is 4.91. The third-order valence-electron chi connectivity index (χ3n) is 4.10. The lowest BCUT2D eigenvalue weighted by Gasteiger charge is -2.19. The number of benzene rings is 2. The molecule has 1 nitrogen and oxygen atoms in total. The van der Waals surface area contributed by atoms with Crippen LogP contribution < -0.4 is 5.73 Å². The quantitative estimate of drug-likeness (QED) is 0.802. The van der Waals surface area contributed by atoms with Gasteiger partial charge in [0.05, 0.1) is 5.56 Å². The van der Waals surface area contributed by atoms with Crippen molar-refractivity contribution < 1.29 is 13.2 Å². The van der Waals surface area contributed by atoms with Gasteiger partial charge >= 0.3 is 6.18 Å². The maximum Gasteiger partial charge on any atom is 0.416 e. The first-order valence-electron chi connectivity index (χ1n) is 7.36. The minimum Gasteiger partial charge on any atom is -0.324 e. The zero-order valence-corrected chi connectivity index (χ0v) is 12.7. The Morgan fingerprint density at radius 2 is 1.36 bits per heavy atom. The minimum atomic E-state index is -4.30. The van der Waals surface area contributed by atoms with Gasteiger partial charge in [0.15, 0.2) is 0 Å². The van der Waals surface area contributed by atoms with E-state index >= 15 is 0 Å². The summed E-state index contributed by atoms with van der Waals surface area (Å²) < 4.78 is 37.7.